The molecule has 4 aliphatic carbocycles. The molecule has 10 atom stereocenters. The third kappa shape index (κ3) is 12.0. The Morgan fingerprint density at radius 2 is 1.45 bits per heavy atom. The number of carbonyl (C=O) groups is 2. The Labute approximate surface area is 278 Å². The molecule has 0 aromatic heterocycles. The second kappa shape index (κ2) is 17.0. The molecule has 0 heterocycles. The Morgan fingerprint density at radius 1 is 0.955 bits per heavy atom. The summed E-state index contributed by atoms with van der Waals surface area (Å²) in [6.45, 7) is 6.99. The van der Waals surface area contributed by atoms with Gasteiger partial charge in [-0.05, 0) is 104 Å². The molecule has 4 fully saturated rings. The molecule has 0 aliphatic heterocycles. The van der Waals surface area contributed by atoms with Crippen molar-refractivity contribution in [2.75, 3.05) is 0 Å². The molecular formula is C26H45Cl3O13PW. The third-order valence-corrected chi connectivity index (χ3v) is 11.0. The third-order valence-electron chi connectivity index (χ3n) is 10.6. The van der Waals surface area contributed by atoms with Gasteiger partial charge < -0.3 is 35.1 Å². The summed E-state index contributed by atoms with van der Waals surface area (Å²) >= 11 is 10.4. The van der Waals surface area contributed by atoms with Crippen LogP contribution in [-0.2, 0) is 38.6 Å². The molecule has 13 nitrogen and oxygen atoms in total. The molecule has 259 valence electrons. The number of fused-ring (bicyclic) bond motifs is 5. The molecule has 0 saturated heterocycles. The molecule has 4 rings (SSSR count). The van der Waals surface area contributed by atoms with Crippen molar-refractivity contribution in [3.05, 3.63) is 0 Å². The maximum absolute atomic E-state index is 11.5. The van der Waals surface area contributed by atoms with E-state index in [0.717, 1.165) is 38.5 Å². The number of phosphoric acid groups is 1. The zero-order chi connectivity index (χ0) is 34.4. The number of rotatable bonds is 4. The average Bonchev–Trinajstić information content (AvgIpc) is 3.21. The Hall–Kier alpha value is 0.0883. The molecule has 0 unspecified atom stereocenters. The number of aliphatic hydroxyl groups excluding tert-OH is 2. The SMILES string of the molecule is C[C@H](CCC(=O)O)[C@H]1CC[C@H]2[C@@H]3CC[C@@H]4C[C@H](O)CC[C@]4(C)[C@H]3C[C@H](O)[C@]12C.O=C(O)C(Cl)(Cl)Cl.O=P(O)(O)O.[O]=[W](=[O])[OH]. The van der Waals surface area contributed by atoms with E-state index in [1.54, 1.807) is 0 Å². The fourth-order valence-electron chi connectivity index (χ4n) is 8.71. The van der Waals surface area contributed by atoms with Crippen molar-refractivity contribution < 1.29 is 77.4 Å². The molecule has 0 spiro atoms. The second-order valence-electron chi connectivity index (χ2n) is 12.8. The van der Waals surface area contributed by atoms with Crippen LogP contribution in [0.4, 0.5) is 0 Å². The monoisotopic (exact) mass is 885 g/mol. The number of carboxylic acid groups (broad SMARTS) is 2. The first-order valence-corrected chi connectivity index (χ1v) is 20.7. The van der Waals surface area contributed by atoms with E-state index in [9.17, 15) is 19.8 Å². The van der Waals surface area contributed by atoms with Crippen LogP contribution in [0.15, 0.2) is 0 Å². The molecule has 4 saturated carbocycles. The summed E-state index contributed by atoms with van der Waals surface area (Å²) in [5.74, 6) is 1.09. The number of aliphatic hydroxyl groups is 2. The zero-order valence-electron chi connectivity index (χ0n) is 24.8. The molecule has 0 amide bonds. The van der Waals surface area contributed by atoms with Crippen molar-refractivity contribution >= 4 is 54.6 Å². The van der Waals surface area contributed by atoms with Crippen LogP contribution in [0.3, 0.4) is 0 Å². The first-order valence-electron chi connectivity index (χ1n) is 14.3. The van der Waals surface area contributed by atoms with Gasteiger partial charge in [-0.3, -0.25) is 4.79 Å². The summed E-state index contributed by atoms with van der Waals surface area (Å²) in [7, 11) is -4.64. The number of hydrogen-bond acceptors (Lipinski definition) is 7. The standard InChI is InChI=1S/C24H40O4.C2HCl3O2.H3O4P.H2O.2O.W/c1-14(4-9-22(27)28)18-7-8-19-17-6-5-15-12-16(25)10-11-23(15,2)20(17)13-21(26)24(18,19)3;3-2(4,5)1(6)7;1-5(2,3)4;;;;/h14-21,25-26H,4-13H2,1-3H3,(H,27,28);(H,6,7);(H3,1,2,3,4);1H2;;;/q;;;;;;+1/p-1/t14-,15-,16-,17+,18-,19+,20+,21+,23+,24-;;;;;;/m1....../s1. The van der Waals surface area contributed by atoms with Crippen LogP contribution in [0.2, 0.25) is 0 Å². The molecule has 18 heteroatoms. The fourth-order valence-corrected chi connectivity index (χ4v) is 8.71. The molecule has 0 bridgehead atoms. The van der Waals surface area contributed by atoms with Crippen LogP contribution < -0.4 is 0 Å². The summed E-state index contributed by atoms with van der Waals surface area (Å²) < 4.78 is 31.3. The fraction of sp³-hybridized carbons (Fsp3) is 0.923. The first-order chi connectivity index (χ1) is 19.8. The van der Waals surface area contributed by atoms with E-state index >= 15 is 0 Å². The van der Waals surface area contributed by atoms with Crippen molar-refractivity contribution in [1.29, 1.82) is 0 Å². The van der Waals surface area contributed by atoms with Crippen molar-refractivity contribution in [2.24, 2.45) is 46.3 Å². The van der Waals surface area contributed by atoms with Gasteiger partial charge in [-0.2, -0.15) is 0 Å². The molecule has 44 heavy (non-hydrogen) atoms. The van der Waals surface area contributed by atoms with E-state index < -0.39 is 41.2 Å². The topological polar surface area (TPSA) is 247 Å². The Balaban J connectivity index is 0.000000501. The summed E-state index contributed by atoms with van der Waals surface area (Å²) in [6, 6.07) is 0. The normalized spacial score (nSPS) is 36.6. The number of carboxylic acids is 2. The summed E-state index contributed by atoms with van der Waals surface area (Å²) in [5, 5.41) is 38.6. The van der Waals surface area contributed by atoms with Gasteiger partial charge in [0, 0.05) is 6.42 Å². The Kier molecular flexibility index (Phi) is 16.2. The van der Waals surface area contributed by atoms with Gasteiger partial charge >= 0.3 is 47.9 Å². The van der Waals surface area contributed by atoms with E-state index in [2.05, 4.69) is 20.8 Å². The quantitative estimate of drug-likeness (QED) is 0.146. The van der Waals surface area contributed by atoms with Gasteiger partial charge in [0.1, 0.15) is 0 Å². The minimum atomic E-state index is -4.64. The number of alkyl halides is 3. The van der Waals surface area contributed by atoms with E-state index in [1.165, 1.54) is 19.3 Å². The van der Waals surface area contributed by atoms with Crippen LogP contribution >= 0.6 is 42.6 Å². The molecule has 0 aromatic rings. The van der Waals surface area contributed by atoms with Gasteiger partial charge in [0.05, 0.1) is 12.2 Å². The van der Waals surface area contributed by atoms with Gasteiger partial charge in [0.15, 0.2) is 0 Å². The van der Waals surface area contributed by atoms with Crippen molar-refractivity contribution in [3.63, 3.8) is 0 Å². The van der Waals surface area contributed by atoms with Crippen LogP contribution in [0, 0.1) is 46.3 Å². The maximum atomic E-state index is 11.5. The van der Waals surface area contributed by atoms with Gasteiger partial charge in [-0.25, -0.2) is 9.36 Å². The molecule has 0 aromatic carbocycles. The summed E-state index contributed by atoms with van der Waals surface area (Å²) in [6.07, 6.45) is 9.26. The predicted octanol–water partition coefficient (Wildman–Crippen LogP) is 4.19. The van der Waals surface area contributed by atoms with Crippen LogP contribution in [0.1, 0.15) is 85.0 Å². The van der Waals surface area contributed by atoms with E-state index in [4.69, 9.17) is 74.8 Å². The summed E-state index contributed by atoms with van der Waals surface area (Å²) in [4.78, 5) is 42.2. The van der Waals surface area contributed by atoms with Gasteiger partial charge in [-0.15, -0.1) is 0 Å². The number of hydrogen-bond donors (Lipinski definition) is 8. The minimum absolute atomic E-state index is 0.0591. The van der Waals surface area contributed by atoms with E-state index in [0.29, 0.717) is 35.5 Å². The van der Waals surface area contributed by atoms with Gasteiger partial charge in [0.25, 0.3) is 3.79 Å². The Bertz CT molecular complexity index is 1080. The van der Waals surface area contributed by atoms with Crippen molar-refractivity contribution in [3.8, 4) is 0 Å². The number of aliphatic carboxylic acids is 2. The zero-order valence-corrected chi connectivity index (χ0v) is 30.9. The van der Waals surface area contributed by atoms with E-state index in [1.807, 2.05) is 0 Å². The Morgan fingerprint density at radius 3 is 1.91 bits per heavy atom. The molecule has 4 aliphatic rings. The van der Waals surface area contributed by atoms with E-state index in [-0.39, 0.29) is 29.5 Å². The van der Waals surface area contributed by atoms with Crippen LogP contribution in [0.5, 0.6) is 0 Å². The van der Waals surface area contributed by atoms with Crippen molar-refractivity contribution in [2.45, 2.75) is 101 Å². The predicted molar refractivity (Wildman–Crippen MR) is 154 cm³/mol. The average molecular weight is 887 g/mol. The van der Waals surface area contributed by atoms with Crippen LogP contribution in [0.25, 0.3) is 0 Å². The second-order valence-corrected chi connectivity index (χ2v) is 17.7. The molecule has 0 radical (unpaired) electrons. The van der Waals surface area contributed by atoms with Gasteiger partial charge in [0.2, 0.25) is 0 Å². The van der Waals surface area contributed by atoms with Gasteiger partial charge in [-0.1, -0.05) is 55.6 Å². The number of halogens is 3. The van der Waals surface area contributed by atoms with Crippen molar-refractivity contribution in [1.82, 2.24) is 0 Å². The molecular weight excluding hydrogens is 841 g/mol. The molecule has 8 N–H and O–H groups in total. The first kappa shape index (κ1) is 42.1. The van der Waals surface area contributed by atoms with Crippen LogP contribution in [-0.4, -0.2) is 66.8 Å². The summed E-state index contributed by atoms with van der Waals surface area (Å²) in [5.41, 5.74) is 0.216.